The third-order valence-corrected chi connectivity index (χ3v) is 2.79. The summed E-state index contributed by atoms with van der Waals surface area (Å²) in [5.74, 6) is 0.786. The van der Waals surface area contributed by atoms with Gasteiger partial charge in [0, 0.05) is 19.8 Å². The van der Waals surface area contributed by atoms with E-state index < -0.39 is 0 Å². The highest BCUT2D eigenvalue weighted by Gasteiger charge is 2.08. The largest absolute Gasteiger partial charge is 0.385 e. The summed E-state index contributed by atoms with van der Waals surface area (Å²) in [6.07, 6.45) is 4.99. The van der Waals surface area contributed by atoms with Gasteiger partial charge in [-0.25, -0.2) is 0 Å². The molecule has 0 rings (SSSR count). The SMILES string of the molecule is CCCC(CCOC)CNC(C)CC. The molecule has 0 aliphatic carbocycles. The van der Waals surface area contributed by atoms with Crippen LogP contribution >= 0.6 is 0 Å². The average Bonchev–Trinajstić information content (AvgIpc) is 2.21. The molecule has 1 N–H and O–H groups in total. The molecular weight excluding hydrogens is 174 g/mol. The van der Waals surface area contributed by atoms with Gasteiger partial charge in [0.15, 0.2) is 0 Å². The van der Waals surface area contributed by atoms with Gasteiger partial charge in [-0.2, -0.15) is 0 Å². The first-order chi connectivity index (χ1) is 6.74. The van der Waals surface area contributed by atoms with E-state index in [0.717, 1.165) is 19.1 Å². The molecule has 2 atom stereocenters. The minimum absolute atomic E-state index is 0.650. The molecule has 0 spiro atoms. The standard InChI is InChI=1S/C12H27NO/c1-5-7-12(8-9-14-4)10-13-11(3)6-2/h11-13H,5-10H2,1-4H3. The number of rotatable bonds is 9. The number of nitrogens with one attached hydrogen (secondary N) is 1. The van der Waals surface area contributed by atoms with Crippen molar-refractivity contribution in [3.63, 3.8) is 0 Å². The number of methoxy groups -OCH3 is 1. The summed E-state index contributed by atoms with van der Waals surface area (Å²) in [6, 6.07) is 0.650. The van der Waals surface area contributed by atoms with Gasteiger partial charge < -0.3 is 10.1 Å². The highest BCUT2D eigenvalue weighted by molar-refractivity contribution is 4.65. The van der Waals surface area contributed by atoms with Gasteiger partial charge in [0.25, 0.3) is 0 Å². The minimum Gasteiger partial charge on any atom is -0.385 e. The van der Waals surface area contributed by atoms with Gasteiger partial charge in [-0.3, -0.25) is 0 Å². The van der Waals surface area contributed by atoms with Crippen LogP contribution in [-0.2, 0) is 4.74 Å². The predicted molar refractivity (Wildman–Crippen MR) is 62.6 cm³/mol. The minimum atomic E-state index is 0.650. The molecule has 0 aromatic rings. The van der Waals surface area contributed by atoms with Crippen molar-refractivity contribution >= 4 is 0 Å². The summed E-state index contributed by atoms with van der Waals surface area (Å²) in [6.45, 7) is 8.77. The first kappa shape index (κ1) is 13.9. The molecule has 0 amide bonds. The Morgan fingerprint density at radius 3 is 2.43 bits per heavy atom. The van der Waals surface area contributed by atoms with Crippen LogP contribution in [-0.4, -0.2) is 26.3 Å². The Labute approximate surface area is 89.4 Å². The fraction of sp³-hybridized carbons (Fsp3) is 1.00. The number of hydrogen-bond donors (Lipinski definition) is 1. The Kier molecular flexibility index (Phi) is 9.42. The predicted octanol–water partition coefficient (Wildman–Crippen LogP) is 2.83. The van der Waals surface area contributed by atoms with E-state index in [-0.39, 0.29) is 0 Å². The zero-order valence-electron chi connectivity index (χ0n) is 10.3. The van der Waals surface area contributed by atoms with Crippen LogP contribution in [0.3, 0.4) is 0 Å². The maximum Gasteiger partial charge on any atom is 0.0465 e. The van der Waals surface area contributed by atoms with Gasteiger partial charge in [0.1, 0.15) is 0 Å². The zero-order valence-corrected chi connectivity index (χ0v) is 10.3. The number of ether oxygens (including phenoxy) is 1. The van der Waals surface area contributed by atoms with Crippen molar-refractivity contribution in [2.75, 3.05) is 20.3 Å². The van der Waals surface area contributed by atoms with Crippen LogP contribution in [0.2, 0.25) is 0 Å². The molecule has 0 bridgehead atoms. The summed E-state index contributed by atoms with van der Waals surface area (Å²) in [4.78, 5) is 0. The Balaban J connectivity index is 3.60. The van der Waals surface area contributed by atoms with Crippen LogP contribution < -0.4 is 5.32 Å². The highest BCUT2D eigenvalue weighted by Crippen LogP contribution is 2.10. The van der Waals surface area contributed by atoms with Crippen LogP contribution in [0.1, 0.15) is 46.5 Å². The lowest BCUT2D eigenvalue weighted by molar-refractivity contribution is 0.173. The van der Waals surface area contributed by atoms with Crippen molar-refractivity contribution in [3.8, 4) is 0 Å². The second kappa shape index (κ2) is 9.47. The summed E-state index contributed by atoms with van der Waals surface area (Å²) in [5.41, 5.74) is 0. The molecule has 0 aliphatic heterocycles. The van der Waals surface area contributed by atoms with E-state index in [4.69, 9.17) is 4.74 Å². The van der Waals surface area contributed by atoms with Gasteiger partial charge >= 0.3 is 0 Å². The maximum absolute atomic E-state index is 5.12. The second-order valence-electron chi connectivity index (χ2n) is 4.15. The molecule has 0 radical (unpaired) electrons. The molecule has 0 heterocycles. The monoisotopic (exact) mass is 201 g/mol. The summed E-state index contributed by atoms with van der Waals surface area (Å²) in [5, 5.41) is 3.57. The smallest absolute Gasteiger partial charge is 0.0465 e. The molecule has 2 nitrogen and oxygen atoms in total. The van der Waals surface area contributed by atoms with Crippen molar-refractivity contribution in [1.82, 2.24) is 5.32 Å². The lowest BCUT2D eigenvalue weighted by Crippen LogP contribution is -2.31. The van der Waals surface area contributed by atoms with Gasteiger partial charge in [-0.1, -0.05) is 20.3 Å². The molecule has 2 heteroatoms. The molecule has 14 heavy (non-hydrogen) atoms. The lowest BCUT2D eigenvalue weighted by atomic mass is 10.00. The van der Waals surface area contributed by atoms with Gasteiger partial charge in [0.05, 0.1) is 0 Å². The van der Waals surface area contributed by atoms with Crippen LogP contribution in [0.5, 0.6) is 0 Å². The van der Waals surface area contributed by atoms with Crippen LogP contribution in [0, 0.1) is 5.92 Å². The fourth-order valence-electron chi connectivity index (χ4n) is 1.55. The summed E-state index contributed by atoms with van der Waals surface area (Å²) >= 11 is 0. The normalized spacial score (nSPS) is 15.4. The van der Waals surface area contributed by atoms with Crippen molar-refractivity contribution in [1.29, 1.82) is 0 Å². The molecule has 0 aliphatic rings. The van der Waals surface area contributed by atoms with Crippen molar-refractivity contribution < 1.29 is 4.74 Å². The molecule has 0 aromatic carbocycles. The molecule has 0 fully saturated rings. The molecule has 0 saturated carbocycles. The summed E-state index contributed by atoms with van der Waals surface area (Å²) < 4.78 is 5.12. The van der Waals surface area contributed by atoms with Crippen LogP contribution in [0.15, 0.2) is 0 Å². The third kappa shape index (κ3) is 7.34. The van der Waals surface area contributed by atoms with E-state index in [9.17, 15) is 0 Å². The van der Waals surface area contributed by atoms with Crippen LogP contribution in [0.4, 0.5) is 0 Å². The first-order valence-corrected chi connectivity index (χ1v) is 5.96. The van der Waals surface area contributed by atoms with Gasteiger partial charge in [0.2, 0.25) is 0 Å². The first-order valence-electron chi connectivity index (χ1n) is 5.96. The van der Waals surface area contributed by atoms with Gasteiger partial charge in [-0.05, 0) is 38.6 Å². The molecule has 0 saturated heterocycles. The fourth-order valence-corrected chi connectivity index (χ4v) is 1.55. The molecule has 0 aromatic heterocycles. The van der Waals surface area contributed by atoms with Gasteiger partial charge in [-0.15, -0.1) is 0 Å². The Hall–Kier alpha value is -0.0800. The maximum atomic E-state index is 5.12. The van der Waals surface area contributed by atoms with Crippen molar-refractivity contribution in [2.24, 2.45) is 5.92 Å². The summed E-state index contributed by atoms with van der Waals surface area (Å²) in [7, 11) is 1.78. The van der Waals surface area contributed by atoms with E-state index in [1.807, 2.05) is 0 Å². The number of hydrogen-bond acceptors (Lipinski definition) is 2. The molecule has 2 unspecified atom stereocenters. The van der Waals surface area contributed by atoms with Crippen molar-refractivity contribution in [3.05, 3.63) is 0 Å². The van der Waals surface area contributed by atoms with E-state index in [1.54, 1.807) is 7.11 Å². The van der Waals surface area contributed by atoms with E-state index in [2.05, 4.69) is 26.1 Å². The lowest BCUT2D eigenvalue weighted by Gasteiger charge is -2.19. The topological polar surface area (TPSA) is 21.3 Å². The molecular formula is C12H27NO. The Morgan fingerprint density at radius 2 is 1.93 bits per heavy atom. The third-order valence-electron chi connectivity index (χ3n) is 2.79. The van der Waals surface area contributed by atoms with E-state index >= 15 is 0 Å². The van der Waals surface area contributed by atoms with Crippen molar-refractivity contribution in [2.45, 2.75) is 52.5 Å². The highest BCUT2D eigenvalue weighted by atomic mass is 16.5. The van der Waals surface area contributed by atoms with E-state index in [0.29, 0.717) is 6.04 Å². The zero-order chi connectivity index (χ0) is 10.8. The Morgan fingerprint density at radius 1 is 1.21 bits per heavy atom. The Bertz CT molecular complexity index is 117. The second-order valence-corrected chi connectivity index (χ2v) is 4.15. The van der Waals surface area contributed by atoms with Crippen LogP contribution in [0.25, 0.3) is 0 Å². The quantitative estimate of drug-likeness (QED) is 0.619. The van der Waals surface area contributed by atoms with E-state index in [1.165, 1.54) is 25.7 Å². The average molecular weight is 201 g/mol. The molecule has 86 valence electrons.